The van der Waals surface area contributed by atoms with Crippen LogP contribution in [0.4, 0.5) is 0 Å². The number of aryl methyl sites for hydroxylation is 3. The number of fused-ring (bicyclic) bond motifs is 1. The van der Waals surface area contributed by atoms with Crippen molar-refractivity contribution in [2.24, 2.45) is 5.73 Å². The van der Waals surface area contributed by atoms with E-state index in [1.165, 1.54) is 61.6 Å². The second kappa shape index (κ2) is 8.49. The summed E-state index contributed by atoms with van der Waals surface area (Å²) in [5.41, 5.74) is 11.1. The van der Waals surface area contributed by atoms with Crippen LogP contribution < -0.4 is 5.73 Å². The lowest BCUT2D eigenvalue weighted by Gasteiger charge is -2.12. The van der Waals surface area contributed by atoms with Crippen LogP contribution in [0.15, 0.2) is 12.1 Å². The quantitative estimate of drug-likeness (QED) is 0.628. The Labute approximate surface area is 141 Å². The summed E-state index contributed by atoms with van der Waals surface area (Å²) in [6.45, 7) is 9.65. The fourth-order valence-corrected chi connectivity index (χ4v) is 3.21. The molecule has 1 aromatic carbocycles. The SMILES string of the molecule is CCCCCCCCCn1c(C(C)N)nc2cc(C)c(C)cc21. The van der Waals surface area contributed by atoms with E-state index >= 15 is 0 Å². The fraction of sp³-hybridized carbons (Fsp3) is 0.650. The molecule has 1 heterocycles. The van der Waals surface area contributed by atoms with Crippen molar-refractivity contribution in [2.75, 3.05) is 0 Å². The lowest BCUT2D eigenvalue weighted by molar-refractivity contribution is 0.537. The molecule has 1 aromatic heterocycles. The van der Waals surface area contributed by atoms with E-state index in [1.54, 1.807) is 0 Å². The highest BCUT2D eigenvalue weighted by Gasteiger charge is 2.14. The molecule has 0 fully saturated rings. The predicted octanol–water partition coefficient (Wildman–Crippen LogP) is 5.42. The highest BCUT2D eigenvalue weighted by atomic mass is 15.1. The van der Waals surface area contributed by atoms with Crippen molar-refractivity contribution >= 4 is 11.0 Å². The zero-order valence-electron chi connectivity index (χ0n) is 15.4. The van der Waals surface area contributed by atoms with Gasteiger partial charge in [-0.3, -0.25) is 0 Å². The predicted molar refractivity (Wildman–Crippen MR) is 99.8 cm³/mol. The molecule has 1 unspecified atom stereocenters. The summed E-state index contributed by atoms with van der Waals surface area (Å²) in [5, 5.41) is 0. The number of hydrogen-bond donors (Lipinski definition) is 1. The number of nitrogens with zero attached hydrogens (tertiary/aromatic N) is 2. The Balaban J connectivity index is 2.06. The van der Waals surface area contributed by atoms with Crippen molar-refractivity contribution in [3.63, 3.8) is 0 Å². The second-order valence-corrected chi connectivity index (χ2v) is 6.96. The first-order valence-corrected chi connectivity index (χ1v) is 9.27. The first-order valence-electron chi connectivity index (χ1n) is 9.27. The Bertz CT molecular complexity index is 625. The monoisotopic (exact) mass is 315 g/mol. The van der Waals surface area contributed by atoms with Crippen molar-refractivity contribution in [1.82, 2.24) is 9.55 Å². The van der Waals surface area contributed by atoms with Crippen molar-refractivity contribution in [3.8, 4) is 0 Å². The largest absolute Gasteiger partial charge is 0.327 e. The van der Waals surface area contributed by atoms with Gasteiger partial charge in [-0.2, -0.15) is 0 Å². The minimum atomic E-state index is -0.0208. The third-order valence-electron chi connectivity index (χ3n) is 4.79. The maximum Gasteiger partial charge on any atom is 0.126 e. The van der Waals surface area contributed by atoms with Gasteiger partial charge >= 0.3 is 0 Å². The average Bonchev–Trinajstić information content (AvgIpc) is 2.85. The van der Waals surface area contributed by atoms with Gasteiger partial charge in [0.1, 0.15) is 5.82 Å². The van der Waals surface area contributed by atoms with Crippen molar-refractivity contribution in [2.45, 2.75) is 85.2 Å². The van der Waals surface area contributed by atoms with Crippen molar-refractivity contribution < 1.29 is 0 Å². The van der Waals surface area contributed by atoms with Crippen LogP contribution in [0, 0.1) is 13.8 Å². The topological polar surface area (TPSA) is 43.8 Å². The molecule has 2 N–H and O–H groups in total. The highest BCUT2D eigenvalue weighted by Crippen LogP contribution is 2.24. The van der Waals surface area contributed by atoms with Gasteiger partial charge in [0.05, 0.1) is 17.1 Å². The molecule has 23 heavy (non-hydrogen) atoms. The molecule has 0 spiro atoms. The van der Waals surface area contributed by atoms with Crippen LogP contribution in [0.25, 0.3) is 11.0 Å². The molecule has 0 aliphatic heterocycles. The van der Waals surface area contributed by atoms with Gasteiger partial charge in [0.15, 0.2) is 0 Å². The molecule has 128 valence electrons. The molecule has 2 aromatic rings. The van der Waals surface area contributed by atoms with Gasteiger partial charge in [0.25, 0.3) is 0 Å². The Hall–Kier alpha value is -1.35. The van der Waals surface area contributed by atoms with Gasteiger partial charge in [0.2, 0.25) is 0 Å². The number of hydrogen-bond acceptors (Lipinski definition) is 2. The summed E-state index contributed by atoms with van der Waals surface area (Å²) < 4.78 is 2.35. The Morgan fingerprint density at radius 2 is 1.61 bits per heavy atom. The van der Waals surface area contributed by atoms with Crippen molar-refractivity contribution in [3.05, 3.63) is 29.1 Å². The Morgan fingerprint density at radius 3 is 2.26 bits per heavy atom. The van der Waals surface area contributed by atoms with Crippen LogP contribution in [0.5, 0.6) is 0 Å². The van der Waals surface area contributed by atoms with Crippen LogP contribution in [0.1, 0.15) is 81.8 Å². The number of unbranched alkanes of at least 4 members (excludes halogenated alkanes) is 6. The third kappa shape index (κ3) is 4.57. The van der Waals surface area contributed by atoms with E-state index in [0.717, 1.165) is 17.9 Å². The molecule has 3 nitrogen and oxygen atoms in total. The number of benzene rings is 1. The molecule has 0 saturated heterocycles. The van der Waals surface area contributed by atoms with Gasteiger partial charge < -0.3 is 10.3 Å². The number of nitrogens with two attached hydrogens (primary N) is 1. The Kier molecular flexibility index (Phi) is 6.64. The molecule has 3 heteroatoms. The van der Waals surface area contributed by atoms with E-state index in [0.29, 0.717) is 0 Å². The zero-order valence-corrected chi connectivity index (χ0v) is 15.4. The molecule has 2 rings (SSSR count). The fourth-order valence-electron chi connectivity index (χ4n) is 3.21. The van der Waals surface area contributed by atoms with Crippen LogP contribution >= 0.6 is 0 Å². The van der Waals surface area contributed by atoms with Crippen molar-refractivity contribution in [1.29, 1.82) is 0 Å². The molecule has 0 bridgehead atoms. The van der Waals surface area contributed by atoms with Gasteiger partial charge in [-0.05, 0) is 50.5 Å². The van der Waals surface area contributed by atoms with E-state index < -0.39 is 0 Å². The van der Waals surface area contributed by atoms with Crippen LogP contribution in [0.2, 0.25) is 0 Å². The molecule has 0 amide bonds. The van der Waals surface area contributed by atoms with Gasteiger partial charge in [0, 0.05) is 6.54 Å². The minimum absolute atomic E-state index is 0.0208. The Morgan fingerprint density at radius 1 is 1.00 bits per heavy atom. The third-order valence-corrected chi connectivity index (χ3v) is 4.79. The van der Waals surface area contributed by atoms with E-state index in [2.05, 4.69) is 37.5 Å². The molecule has 0 aliphatic carbocycles. The first kappa shape index (κ1) is 18.0. The van der Waals surface area contributed by atoms with E-state index in [-0.39, 0.29) is 6.04 Å². The molecule has 1 atom stereocenters. The van der Waals surface area contributed by atoms with Crippen LogP contribution in [-0.2, 0) is 6.54 Å². The minimum Gasteiger partial charge on any atom is -0.327 e. The normalized spacial score (nSPS) is 12.9. The highest BCUT2D eigenvalue weighted by molar-refractivity contribution is 5.78. The number of aromatic nitrogens is 2. The average molecular weight is 316 g/mol. The summed E-state index contributed by atoms with van der Waals surface area (Å²) in [6, 6.07) is 4.44. The van der Waals surface area contributed by atoms with Gasteiger partial charge in [-0.1, -0.05) is 45.4 Å². The molecule has 0 aliphatic rings. The second-order valence-electron chi connectivity index (χ2n) is 6.96. The lowest BCUT2D eigenvalue weighted by atomic mass is 10.1. The standard InChI is InChI=1S/C20H33N3/c1-5-6-7-8-9-10-11-12-23-19-14-16(3)15(2)13-18(19)22-20(23)17(4)21/h13-14,17H,5-12,21H2,1-4H3. The summed E-state index contributed by atoms with van der Waals surface area (Å²) in [6.07, 6.45) is 9.30. The maximum atomic E-state index is 6.16. The molecular weight excluding hydrogens is 282 g/mol. The number of rotatable bonds is 9. The lowest BCUT2D eigenvalue weighted by Crippen LogP contribution is -2.13. The molecular formula is C20H33N3. The molecule has 0 radical (unpaired) electrons. The van der Waals surface area contributed by atoms with Crippen LogP contribution in [-0.4, -0.2) is 9.55 Å². The summed E-state index contributed by atoms with van der Waals surface area (Å²) in [4.78, 5) is 4.79. The molecule has 0 saturated carbocycles. The number of imidazole rings is 1. The first-order chi connectivity index (χ1) is 11.0. The summed E-state index contributed by atoms with van der Waals surface area (Å²) in [5.74, 6) is 1.02. The van der Waals surface area contributed by atoms with Gasteiger partial charge in [-0.15, -0.1) is 0 Å². The maximum absolute atomic E-state index is 6.16. The van der Waals surface area contributed by atoms with Crippen LogP contribution in [0.3, 0.4) is 0 Å². The summed E-state index contributed by atoms with van der Waals surface area (Å²) in [7, 11) is 0. The smallest absolute Gasteiger partial charge is 0.126 e. The zero-order chi connectivity index (χ0) is 16.8. The summed E-state index contributed by atoms with van der Waals surface area (Å²) >= 11 is 0. The van der Waals surface area contributed by atoms with E-state index in [9.17, 15) is 0 Å². The van der Waals surface area contributed by atoms with E-state index in [1.807, 2.05) is 6.92 Å². The van der Waals surface area contributed by atoms with E-state index in [4.69, 9.17) is 10.7 Å². The van der Waals surface area contributed by atoms with Gasteiger partial charge in [-0.25, -0.2) is 4.98 Å².